The molecule has 1 unspecified atom stereocenters. The second-order valence-electron chi connectivity index (χ2n) is 6.55. The lowest BCUT2D eigenvalue weighted by Gasteiger charge is -2.23. The number of ether oxygens (including phenoxy) is 1. The maximum Gasteiger partial charge on any atom is 0.254 e. The number of carbonyl (C=O) groups excluding carboxylic acids is 1. The van der Waals surface area contributed by atoms with Gasteiger partial charge in [-0.15, -0.1) is 0 Å². The van der Waals surface area contributed by atoms with Crippen molar-refractivity contribution in [1.82, 2.24) is 10.0 Å². The minimum Gasteiger partial charge on any atom is -0.366 e. The quantitative estimate of drug-likeness (QED) is 0.740. The van der Waals surface area contributed by atoms with E-state index in [9.17, 15) is 17.6 Å². The Morgan fingerprint density at radius 2 is 2.08 bits per heavy atom. The first kappa shape index (κ1) is 18.8. The van der Waals surface area contributed by atoms with Crippen LogP contribution in [0.2, 0.25) is 0 Å². The third kappa shape index (κ3) is 4.97. The van der Waals surface area contributed by atoms with Crippen LogP contribution >= 0.6 is 0 Å². The van der Waals surface area contributed by atoms with E-state index < -0.39 is 38.3 Å². The molecule has 0 bridgehead atoms. The van der Waals surface area contributed by atoms with Gasteiger partial charge in [0.15, 0.2) is 0 Å². The summed E-state index contributed by atoms with van der Waals surface area (Å²) in [6, 6.07) is 3.41. The lowest BCUT2D eigenvalue weighted by atomic mass is 10.1. The maximum atomic E-state index is 14.0. The average Bonchev–Trinajstić information content (AvgIpc) is 2.47. The van der Waals surface area contributed by atoms with Crippen LogP contribution in [0.1, 0.15) is 20.8 Å². The molecule has 1 saturated heterocycles. The lowest BCUT2D eigenvalue weighted by Crippen LogP contribution is -2.45. The van der Waals surface area contributed by atoms with Gasteiger partial charge in [0.05, 0.1) is 6.61 Å². The molecule has 0 aliphatic carbocycles. The van der Waals surface area contributed by atoms with Crippen LogP contribution in [0.3, 0.4) is 0 Å². The van der Waals surface area contributed by atoms with Gasteiger partial charge in [-0.25, -0.2) is 17.5 Å². The summed E-state index contributed by atoms with van der Waals surface area (Å²) in [5.41, 5.74) is -0.573. The molecule has 1 aliphatic heterocycles. The van der Waals surface area contributed by atoms with Crippen molar-refractivity contribution in [3.05, 3.63) is 24.0 Å². The normalized spacial score (nSPS) is 19.1. The average molecular weight is 359 g/mol. The van der Waals surface area contributed by atoms with E-state index in [1.165, 1.54) is 6.07 Å². The first-order valence-corrected chi connectivity index (χ1v) is 9.03. The van der Waals surface area contributed by atoms with Crippen molar-refractivity contribution in [2.45, 2.75) is 37.3 Å². The summed E-state index contributed by atoms with van der Waals surface area (Å²) in [6.07, 6.45) is -0.670. The zero-order valence-corrected chi connectivity index (χ0v) is 14.7. The Labute approximate surface area is 141 Å². The summed E-state index contributed by atoms with van der Waals surface area (Å²) in [6.45, 7) is 6.41. The largest absolute Gasteiger partial charge is 0.366 e. The van der Waals surface area contributed by atoms with Gasteiger partial charge in [0, 0.05) is 24.3 Å². The summed E-state index contributed by atoms with van der Waals surface area (Å²) in [5.74, 6) is -1.30. The van der Waals surface area contributed by atoms with Crippen LogP contribution in [0.15, 0.2) is 23.1 Å². The molecule has 1 aromatic carbocycles. The molecule has 1 aromatic rings. The zero-order chi connectivity index (χ0) is 18.0. The third-order valence-corrected chi connectivity index (χ3v) is 4.92. The monoisotopic (exact) mass is 359 g/mol. The number of hydrogen-bond acceptors (Lipinski definition) is 5. The lowest BCUT2D eigenvalue weighted by molar-refractivity contribution is -0.128. The molecule has 7 nitrogen and oxygen atoms in total. The molecular weight excluding hydrogens is 337 g/mol. The topological polar surface area (TPSA) is 96.5 Å². The van der Waals surface area contributed by atoms with Crippen LogP contribution in [0.4, 0.5) is 10.1 Å². The van der Waals surface area contributed by atoms with E-state index in [4.69, 9.17) is 4.74 Å². The first-order chi connectivity index (χ1) is 11.1. The number of hydrogen-bond donors (Lipinski definition) is 3. The second kappa shape index (κ2) is 7.14. The number of amides is 1. The van der Waals surface area contributed by atoms with Gasteiger partial charge in [0.1, 0.15) is 16.8 Å². The van der Waals surface area contributed by atoms with Crippen molar-refractivity contribution < 1.29 is 22.3 Å². The van der Waals surface area contributed by atoms with Gasteiger partial charge in [-0.2, -0.15) is 0 Å². The predicted octanol–water partition coefficient (Wildman–Crippen LogP) is 0.829. The van der Waals surface area contributed by atoms with Crippen LogP contribution in [-0.4, -0.2) is 45.7 Å². The van der Waals surface area contributed by atoms with Crippen molar-refractivity contribution in [3.8, 4) is 0 Å². The number of morpholine rings is 1. The van der Waals surface area contributed by atoms with Gasteiger partial charge in [-0.1, -0.05) is 0 Å². The fourth-order valence-corrected chi connectivity index (χ4v) is 3.72. The Morgan fingerprint density at radius 1 is 1.38 bits per heavy atom. The number of rotatable bonds is 4. The Morgan fingerprint density at radius 3 is 2.67 bits per heavy atom. The number of sulfonamides is 1. The Balaban J connectivity index is 2.20. The summed E-state index contributed by atoms with van der Waals surface area (Å²) in [7, 11) is -4.05. The van der Waals surface area contributed by atoms with E-state index >= 15 is 0 Å². The molecule has 1 heterocycles. The molecule has 134 valence electrons. The zero-order valence-electron chi connectivity index (χ0n) is 13.8. The van der Waals surface area contributed by atoms with Crippen molar-refractivity contribution in [3.63, 3.8) is 0 Å². The van der Waals surface area contributed by atoms with Crippen LogP contribution < -0.4 is 15.4 Å². The molecule has 0 saturated carbocycles. The molecule has 2 rings (SSSR count). The molecular formula is C15H22FN3O4S. The van der Waals surface area contributed by atoms with Crippen LogP contribution in [-0.2, 0) is 19.6 Å². The highest BCUT2D eigenvalue weighted by atomic mass is 32.2. The van der Waals surface area contributed by atoms with Gasteiger partial charge in [-0.3, -0.25) is 4.79 Å². The predicted molar refractivity (Wildman–Crippen MR) is 87.7 cm³/mol. The molecule has 0 radical (unpaired) electrons. The number of benzene rings is 1. The van der Waals surface area contributed by atoms with E-state index in [1.807, 2.05) is 0 Å². The summed E-state index contributed by atoms with van der Waals surface area (Å²) in [5, 5.41) is 5.57. The summed E-state index contributed by atoms with van der Waals surface area (Å²) >= 11 is 0. The first-order valence-electron chi connectivity index (χ1n) is 7.55. The van der Waals surface area contributed by atoms with E-state index in [1.54, 1.807) is 20.8 Å². The molecule has 0 aromatic heterocycles. The smallest absolute Gasteiger partial charge is 0.254 e. The maximum absolute atomic E-state index is 14.0. The van der Waals surface area contributed by atoms with Crippen LogP contribution in [0, 0.1) is 5.82 Å². The fraction of sp³-hybridized carbons (Fsp3) is 0.533. The molecule has 24 heavy (non-hydrogen) atoms. The van der Waals surface area contributed by atoms with E-state index in [0.29, 0.717) is 19.7 Å². The van der Waals surface area contributed by atoms with Crippen molar-refractivity contribution in [2.24, 2.45) is 0 Å². The van der Waals surface area contributed by atoms with Gasteiger partial charge < -0.3 is 15.4 Å². The molecule has 1 fully saturated rings. The Kier molecular flexibility index (Phi) is 5.59. The van der Waals surface area contributed by atoms with Crippen LogP contribution in [0.5, 0.6) is 0 Å². The number of halogens is 1. The second-order valence-corrected chi connectivity index (χ2v) is 8.20. The standard InChI is InChI=1S/C15H22FN3O4S/c1-15(2,3)19-24(21,22)13-8-10(4-5-11(13)16)18-14(20)12-9-17-6-7-23-12/h4-5,8,12,17,19H,6-7,9H2,1-3H3,(H,18,20). The van der Waals surface area contributed by atoms with Crippen molar-refractivity contribution in [2.75, 3.05) is 25.0 Å². The number of carbonyl (C=O) groups is 1. The van der Waals surface area contributed by atoms with Gasteiger partial charge in [-0.05, 0) is 39.0 Å². The SMILES string of the molecule is CC(C)(C)NS(=O)(=O)c1cc(NC(=O)C2CNCCO2)ccc1F. The van der Waals surface area contributed by atoms with Gasteiger partial charge in [0.25, 0.3) is 5.91 Å². The van der Waals surface area contributed by atoms with E-state index in [0.717, 1.165) is 12.1 Å². The van der Waals surface area contributed by atoms with Crippen molar-refractivity contribution >= 4 is 21.6 Å². The Hall–Kier alpha value is -1.55. The third-order valence-electron chi connectivity index (χ3n) is 3.15. The molecule has 1 atom stereocenters. The highest BCUT2D eigenvalue weighted by Gasteiger charge is 2.26. The van der Waals surface area contributed by atoms with Crippen molar-refractivity contribution in [1.29, 1.82) is 0 Å². The summed E-state index contributed by atoms with van der Waals surface area (Å²) < 4.78 is 46.3. The van der Waals surface area contributed by atoms with E-state index in [2.05, 4.69) is 15.4 Å². The highest BCUT2D eigenvalue weighted by Crippen LogP contribution is 2.21. The van der Waals surface area contributed by atoms with Gasteiger partial charge >= 0.3 is 0 Å². The number of nitrogens with one attached hydrogen (secondary N) is 3. The number of anilines is 1. The van der Waals surface area contributed by atoms with Gasteiger partial charge in [0.2, 0.25) is 10.0 Å². The Bertz CT molecular complexity index is 710. The van der Waals surface area contributed by atoms with Crippen LogP contribution in [0.25, 0.3) is 0 Å². The summed E-state index contributed by atoms with van der Waals surface area (Å²) in [4.78, 5) is 11.6. The molecule has 0 spiro atoms. The van der Waals surface area contributed by atoms with E-state index in [-0.39, 0.29) is 5.69 Å². The molecule has 9 heteroatoms. The highest BCUT2D eigenvalue weighted by molar-refractivity contribution is 7.89. The minimum atomic E-state index is -4.05. The fourth-order valence-electron chi connectivity index (χ4n) is 2.20. The molecule has 3 N–H and O–H groups in total. The molecule has 1 amide bonds. The molecule has 1 aliphatic rings. The minimum absolute atomic E-state index is 0.185.